The second-order valence-corrected chi connectivity index (χ2v) is 6.13. The molecule has 0 amide bonds. The summed E-state index contributed by atoms with van der Waals surface area (Å²) in [7, 11) is 0. The predicted molar refractivity (Wildman–Crippen MR) is 80.8 cm³/mol. The maximum Gasteiger partial charge on any atom is 0.183 e. The zero-order valence-corrected chi connectivity index (χ0v) is 12.5. The summed E-state index contributed by atoms with van der Waals surface area (Å²) in [6, 6.07) is 0.531. The summed E-state index contributed by atoms with van der Waals surface area (Å²) >= 11 is 0. The van der Waals surface area contributed by atoms with E-state index in [1.54, 1.807) is 6.33 Å². The van der Waals surface area contributed by atoms with Gasteiger partial charge in [-0.3, -0.25) is 0 Å². The molecule has 0 aromatic carbocycles. The van der Waals surface area contributed by atoms with Crippen molar-refractivity contribution in [2.24, 2.45) is 5.92 Å². The fourth-order valence-corrected chi connectivity index (χ4v) is 3.00. The molecule has 20 heavy (non-hydrogen) atoms. The first-order chi connectivity index (χ1) is 9.67. The lowest BCUT2D eigenvalue weighted by atomic mass is 10.1. The first-order valence-corrected chi connectivity index (χ1v) is 7.64. The number of aromatic amines is 1. The van der Waals surface area contributed by atoms with Crippen LogP contribution in [0, 0.1) is 5.92 Å². The Morgan fingerprint density at radius 3 is 2.90 bits per heavy atom. The van der Waals surface area contributed by atoms with Crippen LogP contribution in [0.25, 0.3) is 11.2 Å². The molecule has 2 aromatic heterocycles. The minimum atomic E-state index is 0.369. The third-order valence-electron chi connectivity index (χ3n) is 4.31. The summed E-state index contributed by atoms with van der Waals surface area (Å²) in [6.45, 7) is 6.53. The normalized spacial score (nSPS) is 22.8. The number of anilines is 1. The van der Waals surface area contributed by atoms with Gasteiger partial charge in [0.15, 0.2) is 11.5 Å². The standard InChI is InChI=1S/C15H23N5/c1-4-10-5-6-11(7-10)18-14-12-15(17-8-16-14)20-13(19-12)9(2)3/h8-11H,4-7H2,1-3H3,(H2,16,17,18,19,20). The van der Waals surface area contributed by atoms with Crippen LogP contribution in [0.4, 0.5) is 5.82 Å². The van der Waals surface area contributed by atoms with E-state index in [4.69, 9.17) is 0 Å². The average molecular weight is 273 g/mol. The highest BCUT2D eigenvalue weighted by atomic mass is 15.1. The van der Waals surface area contributed by atoms with E-state index >= 15 is 0 Å². The topological polar surface area (TPSA) is 66.5 Å². The molecule has 0 aliphatic heterocycles. The molecule has 2 atom stereocenters. The van der Waals surface area contributed by atoms with Gasteiger partial charge in [-0.1, -0.05) is 27.2 Å². The van der Waals surface area contributed by atoms with Gasteiger partial charge in [-0.25, -0.2) is 15.0 Å². The molecule has 1 fully saturated rings. The quantitative estimate of drug-likeness (QED) is 0.895. The monoisotopic (exact) mass is 273 g/mol. The SMILES string of the molecule is CCC1CCC(Nc2ncnc3nc(C(C)C)[nH]c23)C1. The molecule has 2 aromatic rings. The minimum absolute atomic E-state index is 0.369. The molecule has 0 spiro atoms. The van der Waals surface area contributed by atoms with E-state index in [-0.39, 0.29) is 0 Å². The number of rotatable bonds is 4. The molecular weight excluding hydrogens is 250 g/mol. The first kappa shape index (κ1) is 13.3. The van der Waals surface area contributed by atoms with Gasteiger partial charge >= 0.3 is 0 Å². The molecule has 1 saturated carbocycles. The number of nitrogens with one attached hydrogen (secondary N) is 2. The van der Waals surface area contributed by atoms with Crippen LogP contribution in [-0.4, -0.2) is 26.0 Å². The molecular formula is C15H23N5. The lowest BCUT2D eigenvalue weighted by Gasteiger charge is -2.13. The van der Waals surface area contributed by atoms with Gasteiger partial charge in [-0.2, -0.15) is 0 Å². The van der Waals surface area contributed by atoms with Gasteiger partial charge < -0.3 is 10.3 Å². The number of H-pyrrole nitrogens is 1. The summed E-state index contributed by atoms with van der Waals surface area (Å²) < 4.78 is 0. The second-order valence-electron chi connectivity index (χ2n) is 6.13. The largest absolute Gasteiger partial charge is 0.365 e. The molecule has 5 heteroatoms. The summed E-state index contributed by atoms with van der Waals surface area (Å²) in [5.41, 5.74) is 1.70. The Morgan fingerprint density at radius 1 is 1.35 bits per heavy atom. The van der Waals surface area contributed by atoms with E-state index in [9.17, 15) is 0 Å². The summed E-state index contributed by atoms with van der Waals surface area (Å²) in [4.78, 5) is 16.6. The Hall–Kier alpha value is -1.65. The summed E-state index contributed by atoms with van der Waals surface area (Å²) in [5.74, 6) is 3.10. The average Bonchev–Trinajstić information content (AvgIpc) is 3.05. The van der Waals surface area contributed by atoms with Crippen molar-refractivity contribution < 1.29 is 0 Å². The van der Waals surface area contributed by atoms with E-state index in [0.717, 1.165) is 28.7 Å². The molecule has 0 bridgehead atoms. The smallest absolute Gasteiger partial charge is 0.183 e. The second kappa shape index (κ2) is 5.38. The lowest BCUT2D eigenvalue weighted by molar-refractivity contribution is 0.525. The van der Waals surface area contributed by atoms with Gasteiger partial charge in [0.1, 0.15) is 17.7 Å². The Kier molecular flexibility index (Phi) is 3.59. The van der Waals surface area contributed by atoms with Crippen LogP contribution in [0.1, 0.15) is 58.2 Å². The molecule has 5 nitrogen and oxygen atoms in total. The maximum atomic E-state index is 4.53. The van der Waals surface area contributed by atoms with E-state index in [1.807, 2.05) is 0 Å². The van der Waals surface area contributed by atoms with Crippen molar-refractivity contribution in [1.82, 2.24) is 19.9 Å². The molecule has 0 radical (unpaired) electrons. The minimum Gasteiger partial charge on any atom is -0.365 e. The Morgan fingerprint density at radius 2 is 2.20 bits per heavy atom. The number of nitrogens with zero attached hydrogens (tertiary/aromatic N) is 3. The molecule has 2 heterocycles. The van der Waals surface area contributed by atoms with Crippen molar-refractivity contribution >= 4 is 17.0 Å². The van der Waals surface area contributed by atoms with E-state index in [2.05, 4.69) is 46.0 Å². The van der Waals surface area contributed by atoms with Crippen molar-refractivity contribution in [3.05, 3.63) is 12.2 Å². The van der Waals surface area contributed by atoms with Gasteiger partial charge in [-0.05, 0) is 25.2 Å². The third-order valence-corrected chi connectivity index (χ3v) is 4.31. The number of hydrogen-bond acceptors (Lipinski definition) is 4. The van der Waals surface area contributed by atoms with Crippen LogP contribution >= 0.6 is 0 Å². The van der Waals surface area contributed by atoms with Crippen molar-refractivity contribution in [3.8, 4) is 0 Å². The van der Waals surface area contributed by atoms with Gasteiger partial charge in [-0.15, -0.1) is 0 Å². The Balaban J connectivity index is 1.84. The summed E-state index contributed by atoms with van der Waals surface area (Å²) in [5, 5.41) is 3.58. The van der Waals surface area contributed by atoms with Gasteiger partial charge in [0.2, 0.25) is 0 Å². The van der Waals surface area contributed by atoms with Crippen LogP contribution < -0.4 is 5.32 Å². The first-order valence-electron chi connectivity index (χ1n) is 7.64. The zero-order chi connectivity index (χ0) is 14.1. The number of hydrogen-bond donors (Lipinski definition) is 2. The molecule has 1 aliphatic carbocycles. The number of fused-ring (bicyclic) bond motifs is 1. The number of aromatic nitrogens is 4. The van der Waals surface area contributed by atoms with Gasteiger partial charge in [0, 0.05) is 12.0 Å². The fourth-order valence-electron chi connectivity index (χ4n) is 3.00. The molecule has 2 unspecified atom stereocenters. The van der Waals surface area contributed by atoms with E-state index in [0.29, 0.717) is 12.0 Å². The van der Waals surface area contributed by atoms with Crippen LogP contribution in [0.15, 0.2) is 6.33 Å². The van der Waals surface area contributed by atoms with Crippen LogP contribution in [0.2, 0.25) is 0 Å². The molecule has 2 N–H and O–H groups in total. The highest BCUT2D eigenvalue weighted by molar-refractivity contribution is 5.82. The van der Waals surface area contributed by atoms with E-state index in [1.165, 1.54) is 25.7 Å². The summed E-state index contributed by atoms with van der Waals surface area (Å²) in [6.07, 6.45) is 6.67. The van der Waals surface area contributed by atoms with Crippen molar-refractivity contribution in [2.45, 2.75) is 58.4 Å². The molecule has 108 valence electrons. The van der Waals surface area contributed by atoms with Crippen molar-refractivity contribution in [3.63, 3.8) is 0 Å². The van der Waals surface area contributed by atoms with Crippen molar-refractivity contribution in [2.75, 3.05) is 5.32 Å². The zero-order valence-electron chi connectivity index (χ0n) is 12.5. The van der Waals surface area contributed by atoms with Gasteiger partial charge in [0.05, 0.1) is 0 Å². The van der Waals surface area contributed by atoms with Crippen LogP contribution in [0.3, 0.4) is 0 Å². The highest BCUT2D eigenvalue weighted by Crippen LogP contribution is 2.31. The third kappa shape index (κ3) is 2.49. The van der Waals surface area contributed by atoms with Crippen LogP contribution in [0.5, 0.6) is 0 Å². The molecule has 0 saturated heterocycles. The highest BCUT2D eigenvalue weighted by Gasteiger charge is 2.24. The Bertz CT molecular complexity index is 589. The molecule has 3 rings (SSSR count). The number of imidazole rings is 1. The Labute approximate surface area is 119 Å². The molecule has 1 aliphatic rings. The maximum absolute atomic E-state index is 4.53. The fraction of sp³-hybridized carbons (Fsp3) is 0.667. The van der Waals surface area contributed by atoms with E-state index < -0.39 is 0 Å². The van der Waals surface area contributed by atoms with Gasteiger partial charge in [0.25, 0.3) is 0 Å². The predicted octanol–water partition coefficient (Wildman–Crippen LogP) is 3.47. The van der Waals surface area contributed by atoms with Crippen LogP contribution in [-0.2, 0) is 0 Å². The lowest BCUT2D eigenvalue weighted by Crippen LogP contribution is -2.16. The van der Waals surface area contributed by atoms with Crippen molar-refractivity contribution in [1.29, 1.82) is 0 Å².